The van der Waals surface area contributed by atoms with Crippen molar-refractivity contribution >= 4 is 23.3 Å². The lowest BCUT2D eigenvalue weighted by atomic mass is 9.89. The maximum atomic E-state index is 12.2. The molecule has 0 spiro atoms. The summed E-state index contributed by atoms with van der Waals surface area (Å²) in [4.78, 5) is 29.2. The van der Waals surface area contributed by atoms with Crippen LogP contribution in [0.4, 0.5) is 4.79 Å². The van der Waals surface area contributed by atoms with E-state index in [0.29, 0.717) is 25.9 Å². The number of urea groups is 1. The Hall–Kier alpha value is -1.63. The van der Waals surface area contributed by atoms with Crippen molar-refractivity contribution in [3.05, 3.63) is 16.6 Å². The molecule has 6 nitrogen and oxygen atoms in total. The molecular formula is C13H19N3O3S. The number of carbonyl (C=O) groups excluding carboxylic acids is 1. The van der Waals surface area contributed by atoms with Crippen molar-refractivity contribution in [2.24, 2.45) is 0 Å². The zero-order chi connectivity index (χ0) is 14.6. The highest BCUT2D eigenvalue weighted by molar-refractivity contribution is 7.07. The minimum Gasteiger partial charge on any atom is -0.480 e. The molecule has 2 amide bonds. The van der Waals surface area contributed by atoms with Gasteiger partial charge in [0.05, 0.1) is 11.2 Å². The first kappa shape index (κ1) is 14.8. The van der Waals surface area contributed by atoms with Crippen molar-refractivity contribution in [1.29, 1.82) is 0 Å². The zero-order valence-corrected chi connectivity index (χ0v) is 12.3. The number of hydrogen-bond donors (Lipinski definition) is 2. The summed E-state index contributed by atoms with van der Waals surface area (Å²) >= 11 is 1.52. The summed E-state index contributed by atoms with van der Waals surface area (Å²) in [6.07, 6.45) is 2.85. The largest absolute Gasteiger partial charge is 0.480 e. The molecule has 1 aliphatic rings. The number of amides is 2. The van der Waals surface area contributed by atoms with E-state index in [1.54, 1.807) is 12.4 Å². The molecule has 0 bridgehead atoms. The highest BCUT2D eigenvalue weighted by atomic mass is 32.1. The number of carbonyl (C=O) groups is 2. The molecule has 1 aliphatic heterocycles. The molecule has 0 saturated carbocycles. The normalized spacial score (nSPS) is 22.6. The number of carboxylic acids is 1. The van der Waals surface area contributed by atoms with Gasteiger partial charge in [0.25, 0.3) is 0 Å². The van der Waals surface area contributed by atoms with Gasteiger partial charge < -0.3 is 15.3 Å². The third-order valence-electron chi connectivity index (χ3n) is 3.74. The number of hydrogen-bond acceptors (Lipinski definition) is 4. The van der Waals surface area contributed by atoms with Crippen molar-refractivity contribution < 1.29 is 14.7 Å². The Balaban J connectivity index is 1.91. The third kappa shape index (κ3) is 3.09. The summed E-state index contributed by atoms with van der Waals surface area (Å²) in [6.45, 7) is 2.58. The fourth-order valence-corrected chi connectivity index (χ4v) is 3.02. The molecule has 1 aromatic rings. The number of aliphatic carboxylic acids is 1. The quantitative estimate of drug-likeness (QED) is 0.886. The van der Waals surface area contributed by atoms with Gasteiger partial charge in [-0.3, -0.25) is 0 Å². The molecule has 1 fully saturated rings. The van der Waals surface area contributed by atoms with Crippen LogP contribution in [0.3, 0.4) is 0 Å². The molecule has 110 valence electrons. The summed E-state index contributed by atoms with van der Waals surface area (Å²) in [5, 5.41) is 14.1. The van der Waals surface area contributed by atoms with E-state index in [-0.39, 0.29) is 6.03 Å². The van der Waals surface area contributed by atoms with E-state index in [4.69, 9.17) is 0 Å². The van der Waals surface area contributed by atoms with E-state index in [9.17, 15) is 14.7 Å². The van der Waals surface area contributed by atoms with Crippen LogP contribution in [-0.2, 0) is 11.2 Å². The van der Waals surface area contributed by atoms with Crippen molar-refractivity contribution in [2.75, 3.05) is 13.1 Å². The average Bonchev–Trinajstić information content (AvgIpc) is 2.92. The number of likely N-dealkylation sites (tertiary alicyclic amines) is 1. The summed E-state index contributed by atoms with van der Waals surface area (Å²) in [6, 6.07) is -0.301. The minimum absolute atomic E-state index is 0.301. The average molecular weight is 297 g/mol. The van der Waals surface area contributed by atoms with Crippen LogP contribution in [0.5, 0.6) is 0 Å². The van der Waals surface area contributed by atoms with Crippen LogP contribution in [0.15, 0.2) is 10.9 Å². The van der Waals surface area contributed by atoms with Crippen molar-refractivity contribution in [3.8, 4) is 0 Å². The Morgan fingerprint density at radius 1 is 1.55 bits per heavy atom. The van der Waals surface area contributed by atoms with E-state index in [1.807, 2.05) is 5.38 Å². The van der Waals surface area contributed by atoms with E-state index in [1.165, 1.54) is 16.2 Å². The van der Waals surface area contributed by atoms with E-state index >= 15 is 0 Å². The van der Waals surface area contributed by atoms with Gasteiger partial charge in [0.2, 0.25) is 0 Å². The maximum Gasteiger partial charge on any atom is 0.329 e. The van der Waals surface area contributed by atoms with Gasteiger partial charge in [0, 0.05) is 24.9 Å². The SMILES string of the molecule is CC1(C(=O)O)CCCCN1C(=O)NCCc1cscn1. The molecule has 0 aliphatic carbocycles. The molecule has 0 aromatic carbocycles. The second-order valence-corrected chi connectivity index (χ2v) is 5.87. The molecule has 1 atom stereocenters. The summed E-state index contributed by atoms with van der Waals surface area (Å²) in [7, 11) is 0. The van der Waals surface area contributed by atoms with Gasteiger partial charge in [-0.1, -0.05) is 0 Å². The molecule has 2 N–H and O–H groups in total. The number of nitrogens with zero attached hydrogens (tertiary/aromatic N) is 2. The maximum absolute atomic E-state index is 12.2. The second kappa shape index (κ2) is 6.21. The van der Waals surface area contributed by atoms with Gasteiger partial charge in [-0.05, 0) is 26.2 Å². The molecule has 1 unspecified atom stereocenters. The number of aromatic nitrogens is 1. The van der Waals surface area contributed by atoms with Crippen LogP contribution < -0.4 is 5.32 Å². The lowest BCUT2D eigenvalue weighted by Crippen LogP contribution is -2.60. The van der Waals surface area contributed by atoms with Crippen molar-refractivity contribution in [3.63, 3.8) is 0 Å². The predicted molar refractivity (Wildman–Crippen MR) is 75.8 cm³/mol. The first-order chi connectivity index (χ1) is 9.54. The summed E-state index contributed by atoms with van der Waals surface area (Å²) < 4.78 is 0. The number of rotatable bonds is 4. The molecule has 20 heavy (non-hydrogen) atoms. The lowest BCUT2D eigenvalue weighted by Gasteiger charge is -2.41. The highest BCUT2D eigenvalue weighted by Gasteiger charge is 2.43. The smallest absolute Gasteiger partial charge is 0.329 e. The Bertz CT molecular complexity index is 477. The van der Waals surface area contributed by atoms with Crippen molar-refractivity contribution in [1.82, 2.24) is 15.2 Å². The Morgan fingerprint density at radius 2 is 2.35 bits per heavy atom. The van der Waals surface area contributed by atoms with Gasteiger partial charge in [-0.25, -0.2) is 14.6 Å². The summed E-state index contributed by atoms with van der Waals surface area (Å²) in [5.74, 6) is -0.938. The highest BCUT2D eigenvalue weighted by Crippen LogP contribution is 2.28. The standard InChI is InChI=1S/C13H19N3O3S/c1-13(11(17)18)5-2-3-7-16(13)12(19)14-6-4-10-8-20-9-15-10/h8-9H,2-7H2,1H3,(H,14,19)(H,17,18). The lowest BCUT2D eigenvalue weighted by molar-refractivity contribution is -0.150. The molecule has 7 heteroatoms. The molecule has 2 rings (SSSR count). The molecule has 2 heterocycles. The molecular weight excluding hydrogens is 278 g/mol. The number of nitrogens with one attached hydrogen (secondary N) is 1. The van der Waals surface area contributed by atoms with Crippen LogP contribution in [0.1, 0.15) is 31.9 Å². The molecule has 1 saturated heterocycles. The van der Waals surface area contributed by atoms with Crippen LogP contribution >= 0.6 is 11.3 Å². The summed E-state index contributed by atoms with van der Waals surface area (Å²) in [5.41, 5.74) is 1.60. The van der Waals surface area contributed by atoms with Crippen molar-refractivity contribution in [2.45, 2.75) is 38.1 Å². The topological polar surface area (TPSA) is 82.5 Å². The van der Waals surface area contributed by atoms with Crippen LogP contribution in [-0.4, -0.2) is 45.6 Å². The monoisotopic (exact) mass is 297 g/mol. The van der Waals surface area contributed by atoms with Crippen LogP contribution in [0.25, 0.3) is 0 Å². The fourth-order valence-electron chi connectivity index (χ4n) is 2.42. The Kier molecular flexibility index (Phi) is 4.59. The second-order valence-electron chi connectivity index (χ2n) is 5.15. The minimum atomic E-state index is -1.09. The number of thiazole rings is 1. The van der Waals surface area contributed by atoms with Gasteiger partial charge in [0.15, 0.2) is 0 Å². The fraction of sp³-hybridized carbons (Fsp3) is 0.615. The molecule has 1 aromatic heterocycles. The van der Waals surface area contributed by atoms with E-state index in [2.05, 4.69) is 10.3 Å². The van der Waals surface area contributed by atoms with Crippen LogP contribution in [0.2, 0.25) is 0 Å². The van der Waals surface area contributed by atoms with E-state index in [0.717, 1.165) is 18.5 Å². The Labute approximate surface area is 121 Å². The Morgan fingerprint density at radius 3 is 3.00 bits per heavy atom. The number of piperidine rings is 1. The van der Waals surface area contributed by atoms with Crippen LogP contribution in [0, 0.1) is 0 Å². The first-order valence-corrected chi connectivity index (χ1v) is 7.64. The first-order valence-electron chi connectivity index (χ1n) is 6.70. The zero-order valence-electron chi connectivity index (χ0n) is 11.5. The van der Waals surface area contributed by atoms with Gasteiger partial charge >= 0.3 is 12.0 Å². The van der Waals surface area contributed by atoms with Gasteiger partial charge in [-0.15, -0.1) is 11.3 Å². The van der Waals surface area contributed by atoms with Gasteiger partial charge in [-0.2, -0.15) is 0 Å². The predicted octanol–water partition coefficient (Wildman–Crippen LogP) is 1.72. The van der Waals surface area contributed by atoms with E-state index < -0.39 is 11.5 Å². The van der Waals surface area contributed by atoms with Gasteiger partial charge in [0.1, 0.15) is 5.54 Å². The third-order valence-corrected chi connectivity index (χ3v) is 4.37. The number of carboxylic acid groups (broad SMARTS) is 1. The molecule has 0 radical (unpaired) electrons.